The Balaban J connectivity index is 1.29. The molecule has 1 fully saturated rings. The Hall–Kier alpha value is -3.18. The summed E-state index contributed by atoms with van der Waals surface area (Å²) in [7, 11) is 0. The van der Waals surface area contributed by atoms with E-state index in [4.69, 9.17) is 9.84 Å². The van der Waals surface area contributed by atoms with Gasteiger partial charge in [0.05, 0.1) is 11.8 Å². The molecule has 1 spiro atoms. The maximum absolute atomic E-state index is 6.74. The van der Waals surface area contributed by atoms with Crippen LogP contribution in [0.4, 0.5) is 0 Å². The van der Waals surface area contributed by atoms with Gasteiger partial charge >= 0.3 is 0 Å². The number of pyridine rings is 1. The molecule has 31 heavy (non-hydrogen) atoms. The van der Waals surface area contributed by atoms with Gasteiger partial charge in [-0.3, -0.25) is 9.88 Å². The predicted molar refractivity (Wildman–Crippen MR) is 121 cm³/mol. The maximum Gasteiger partial charge on any atom is 0.200 e. The molecule has 0 unspecified atom stereocenters. The van der Waals surface area contributed by atoms with Gasteiger partial charge < -0.3 is 4.74 Å². The number of para-hydroxylation sites is 1. The molecule has 1 atom stereocenters. The molecular weight excluding hydrogens is 384 g/mol. The Morgan fingerprint density at radius 3 is 2.45 bits per heavy atom. The van der Waals surface area contributed by atoms with E-state index < -0.39 is 0 Å². The first-order valence-electron chi connectivity index (χ1n) is 11.1. The monoisotopic (exact) mass is 410 g/mol. The van der Waals surface area contributed by atoms with Crippen LogP contribution < -0.4 is 4.74 Å². The van der Waals surface area contributed by atoms with Crippen molar-refractivity contribution < 1.29 is 4.74 Å². The van der Waals surface area contributed by atoms with Crippen LogP contribution in [0.3, 0.4) is 0 Å². The average Bonchev–Trinajstić information content (AvgIpc) is 3.29. The van der Waals surface area contributed by atoms with Crippen molar-refractivity contribution >= 4 is 5.71 Å². The van der Waals surface area contributed by atoms with Crippen molar-refractivity contribution in [3.05, 3.63) is 95.8 Å². The van der Waals surface area contributed by atoms with Crippen molar-refractivity contribution in [1.29, 1.82) is 0 Å². The topological polar surface area (TPSA) is 41.0 Å². The van der Waals surface area contributed by atoms with E-state index in [-0.39, 0.29) is 11.8 Å². The van der Waals surface area contributed by atoms with E-state index in [0.717, 1.165) is 55.9 Å². The Kier molecular flexibility index (Phi) is 4.50. The second-order valence-corrected chi connectivity index (χ2v) is 8.69. The second-order valence-electron chi connectivity index (χ2n) is 8.69. The third-order valence-corrected chi connectivity index (χ3v) is 6.81. The number of nitrogens with zero attached hydrogens (tertiary/aromatic N) is 4. The highest BCUT2D eigenvalue weighted by Crippen LogP contribution is 2.49. The van der Waals surface area contributed by atoms with Crippen LogP contribution >= 0.6 is 0 Å². The number of hydrogen-bond donors (Lipinski definition) is 0. The number of fused-ring (bicyclic) bond motifs is 4. The van der Waals surface area contributed by atoms with Crippen molar-refractivity contribution in [2.45, 2.75) is 37.6 Å². The summed E-state index contributed by atoms with van der Waals surface area (Å²) >= 11 is 0. The number of likely N-dealkylation sites (tertiary alicyclic amines) is 1. The Morgan fingerprint density at radius 2 is 1.65 bits per heavy atom. The Morgan fingerprint density at radius 1 is 0.903 bits per heavy atom. The molecular formula is C26H26N4O. The number of benzene rings is 2. The first-order valence-corrected chi connectivity index (χ1v) is 11.1. The molecule has 3 aromatic rings. The highest BCUT2D eigenvalue weighted by atomic mass is 16.5. The number of ether oxygens (including phenoxy) is 1. The van der Waals surface area contributed by atoms with Crippen LogP contribution in [0.1, 0.15) is 42.0 Å². The fourth-order valence-corrected chi connectivity index (χ4v) is 5.18. The minimum absolute atomic E-state index is 0.230. The third-order valence-electron chi connectivity index (χ3n) is 6.81. The fourth-order valence-electron chi connectivity index (χ4n) is 5.18. The molecule has 3 aliphatic rings. The van der Waals surface area contributed by atoms with Gasteiger partial charge in [-0.1, -0.05) is 48.5 Å². The van der Waals surface area contributed by atoms with Crippen LogP contribution in [-0.2, 0) is 6.54 Å². The summed E-state index contributed by atoms with van der Waals surface area (Å²) in [6.45, 7) is 2.99. The van der Waals surface area contributed by atoms with Crippen molar-refractivity contribution in [3.63, 3.8) is 0 Å². The molecule has 3 aliphatic heterocycles. The summed E-state index contributed by atoms with van der Waals surface area (Å²) in [4.78, 5) is 6.70. The lowest BCUT2D eigenvalue weighted by molar-refractivity contribution is -0.150. The minimum Gasteiger partial charge on any atom is -0.466 e. The van der Waals surface area contributed by atoms with Gasteiger partial charge in [-0.25, -0.2) is 5.01 Å². The molecule has 0 aliphatic carbocycles. The highest BCUT2D eigenvalue weighted by Gasteiger charge is 2.51. The molecule has 5 nitrogen and oxygen atoms in total. The maximum atomic E-state index is 6.74. The standard InChI is InChI=1S/C26H26N4O/c1-2-6-20(7-3-1)19-29-16-12-26(13-17-29)30-24(22-8-4-5-9-25(22)31-26)18-23(28-30)21-10-14-27-15-11-21/h1-11,14-15,24H,12-13,16-19H2/t24-/m0/s1. The number of hydrogen-bond acceptors (Lipinski definition) is 5. The predicted octanol–water partition coefficient (Wildman–Crippen LogP) is 4.62. The van der Waals surface area contributed by atoms with Gasteiger partial charge in [0.2, 0.25) is 5.72 Å². The van der Waals surface area contributed by atoms with Gasteiger partial charge in [-0.15, -0.1) is 0 Å². The SMILES string of the molecule is c1ccc(CN2CCC3(CC2)Oc2ccccc2[C@@H]2CC(c4ccncc4)=NN23)cc1. The molecule has 4 heterocycles. The van der Waals surface area contributed by atoms with Crippen molar-refractivity contribution in [1.82, 2.24) is 14.9 Å². The largest absolute Gasteiger partial charge is 0.466 e. The molecule has 0 bridgehead atoms. The van der Waals surface area contributed by atoms with E-state index in [1.165, 1.54) is 11.1 Å². The van der Waals surface area contributed by atoms with Gasteiger partial charge in [0.25, 0.3) is 0 Å². The quantitative estimate of drug-likeness (QED) is 0.632. The van der Waals surface area contributed by atoms with E-state index >= 15 is 0 Å². The average molecular weight is 411 g/mol. The van der Waals surface area contributed by atoms with Gasteiger partial charge in [0.15, 0.2) is 0 Å². The molecule has 156 valence electrons. The van der Waals surface area contributed by atoms with Crippen molar-refractivity contribution in [2.24, 2.45) is 5.10 Å². The summed E-state index contributed by atoms with van der Waals surface area (Å²) in [5, 5.41) is 7.43. The van der Waals surface area contributed by atoms with Gasteiger partial charge in [-0.05, 0) is 23.8 Å². The molecule has 0 N–H and O–H groups in total. The van der Waals surface area contributed by atoms with Gasteiger partial charge in [0, 0.05) is 62.4 Å². The summed E-state index contributed by atoms with van der Waals surface area (Å²) in [6, 6.07) is 23.6. The normalized spacial score (nSPS) is 21.9. The first-order chi connectivity index (χ1) is 15.3. The Bertz CT molecular complexity index is 1090. The van der Waals surface area contributed by atoms with Crippen LogP contribution in [0.5, 0.6) is 5.75 Å². The third kappa shape index (κ3) is 3.29. The molecule has 5 heteroatoms. The summed E-state index contributed by atoms with van der Waals surface area (Å²) < 4.78 is 6.74. The summed E-state index contributed by atoms with van der Waals surface area (Å²) in [5.74, 6) is 1.02. The highest BCUT2D eigenvalue weighted by molar-refractivity contribution is 6.01. The molecule has 0 saturated carbocycles. The lowest BCUT2D eigenvalue weighted by Crippen LogP contribution is -2.59. The zero-order chi connectivity index (χ0) is 20.7. The van der Waals surface area contributed by atoms with Crippen LogP contribution in [0.25, 0.3) is 0 Å². The first kappa shape index (κ1) is 18.6. The van der Waals surface area contributed by atoms with E-state index in [1.807, 2.05) is 12.4 Å². The van der Waals surface area contributed by atoms with Gasteiger partial charge in [0.1, 0.15) is 5.75 Å². The van der Waals surface area contributed by atoms with E-state index in [2.05, 4.69) is 81.6 Å². The summed E-state index contributed by atoms with van der Waals surface area (Å²) in [5.41, 5.74) is 4.51. The molecule has 1 aromatic heterocycles. The molecule has 1 saturated heterocycles. The molecule has 0 amide bonds. The Labute approximate surface area is 183 Å². The molecule has 0 radical (unpaired) electrons. The molecule has 6 rings (SSSR count). The summed E-state index contributed by atoms with van der Waals surface area (Å²) in [6.07, 6.45) is 6.48. The fraction of sp³-hybridized carbons (Fsp3) is 0.308. The van der Waals surface area contributed by atoms with Gasteiger partial charge in [-0.2, -0.15) is 5.10 Å². The number of hydrazone groups is 1. The van der Waals surface area contributed by atoms with Crippen molar-refractivity contribution in [3.8, 4) is 5.75 Å². The van der Waals surface area contributed by atoms with Crippen LogP contribution in [0.2, 0.25) is 0 Å². The lowest BCUT2D eigenvalue weighted by Gasteiger charge is -2.51. The van der Waals surface area contributed by atoms with E-state index in [1.54, 1.807) is 0 Å². The second kappa shape index (κ2) is 7.50. The minimum atomic E-state index is -0.374. The smallest absolute Gasteiger partial charge is 0.200 e. The molecule has 2 aromatic carbocycles. The van der Waals surface area contributed by atoms with Crippen molar-refractivity contribution in [2.75, 3.05) is 13.1 Å². The zero-order valence-electron chi connectivity index (χ0n) is 17.5. The van der Waals surface area contributed by atoms with E-state index in [9.17, 15) is 0 Å². The number of piperidine rings is 1. The van der Waals surface area contributed by atoms with Crippen LogP contribution in [0.15, 0.2) is 84.2 Å². The zero-order valence-corrected chi connectivity index (χ0v) is 17.5. The van der Waals surface area contributed by atoms with E-state index in [0.29, 0.717) is 0 Å². The van der Waals surface area contributed by atoms with Crippen LogP contribution in [-0.4, -0.2) is 39.4 Å². The number of rotatable bonds is 3. The number of aromatic nitrogens is 1. The lowest BCUT2D eigenvalue weighted by atomic mass is 9.90. The van der Waals surface area contributed by atoms with Crippen LogP contribution in [0, 0.1) is 0 Å².